The summed E-state index contributed by atoms with van der Waals surface area (Å²) in [6.07, 6.45) is 1.46. The van der Waals surface area contributed by atoms with Gasteiger partial charge < -0.3 is 5.73 Å². The maximum absolute atomic E-state index is 6.10. The molecule has 0 aliphatic rings. The summed E-state index contributed by atoms with van der Waals surface area (Å²) in [7, 11) is 0. The number of pyridine rings is 1. The predicted molar refractivity (Wildman–Crippen MR) is 74.1 cm³/mol. The Balaban J connectivity index is 2.72. The molecule has 0 radical (unpaired) electrons. The van der Waals surface area contributed by atoms with Crippen LogP contribution < -0.4 is 5.73 Å². The Kier molecular flexibility index (Phi) is 3.69. The molecule has 0 spiro atoms. The molecule has 88 valence electrons. The predicted octanol–water partition coefficient (Wildman–Crippen LogP) is 4.94. The average Bonchev–Trinajstić information content (AvgIpc) is 2.21. The van der Waals surface area contributed by atoms with Crippen LogP contribution >= 0.6 is 46.4 Å². The van der Waals surface area contributed by atoms with Crippen molar-refractivity contribution in [3.05, 3.63) is 44.5 Å². The van der Waals surface area contributed by atoms with Crippen molar-refractivity contribution in [1.29, 1.82) is 0 Å². The van der Waals surface area contributed by atoms with Gasteiger partial charge in [0, 0.05) is 22.3 Å². The van der Waals surface area contributed by atoms with E-state index >= 15 is 0 Å². The van der Waals surface area contributed by atoms with Gasteiger partial charge in [-0.05, 0) is 18.2 Å². The lowest BCUT2D eigenvalue weighted by atomic mass is 10.1. The number of hydrogen-bond donors (Lipinski definition) is 1. The molecule has 1 aromatic heterocycles. The normalized spacial score (nSPS) is 10.6. The van der Waals surface area contributed by atoms with E-state index in [4.69, 9.17) is 52.1 Å². The van der Waals surface area contributed by atoms with Gasteiger partial charge in [0.2, 0.25) is 0 Å². The average molecular weight is 308 g/mol. The van der Waals surface area contributed by atoms with Gasteiger partial charge in [0.1, 0.15) is 5.82 Å². The molecule has 0 aliphatic heterocycles. The molecule has 2 nitrogen and oxygen atoms in total. The Morgan fingerprint density at radius 3 is 2.06 bits per heavy atom. The number of nitrogens with two attached hydrogens (primary N) is 1. The number of aromatic nitrogens is 1. The number of hydrogen-bond acceptors (Lipinski definition) is 2. The molecule has 0 fully saturated rings. The molecule has 0 atom stereocenters. The van der Waals surface area contributed by atoms with Crippen LogP contribution in [-0.2, 0) is 0 Å². The Morgan fingerprint density at radius 1 is 0.882 bits per heavy atom. The van der Waals surface area contributed by atoms with Gasteiger partial charge in [0.15, 0.2) is 0 Å². The molecule has 17 heavy (non-hydrogen) atoms. The first-order valence-electron chi connectivity index (χ1n) is 4.55. The van der Waals surface area contributed by atoms with Crippen molar-refractivity contribution in [3.8, 4) is 11.1 Å². The highest BCUT2D eigenvalue weighted by molar-refractivity contribution is 6.42. The second-order valence-corrected chi connectivity index (χ2v) is 5.02. The van der Waals surface area contributed by atoms with Crippen molar-refractivity contribution >= 4 is 52.2 Å². The van der Waals surface area contributed by atoms with Crippen molar-refractivity contribution < 1.29 is 0 Å². The van der Waals surface area contributed by atoms with Crippen LogP contribution in [0.15, 0.2) is 24.4 Å². The quantitative estimate of drug-likeness (QED) is 0.810. The molecule has 2 aromatic rings. The molecular weight excluding hydrogens is 302 g/mol. The lowest BCUT2D eigenvalue weighted by Gasteiger charge is -2.10. The lowest BCUT2D eigenvalue weighted by molar-refractivity contribution is 1.34. The molecule has 0 saturated carbocycles. The van der Waals surface area contributed by atoms with Gasteiger partial charge in [-0.3, -0.25) is 0 Å². The Hall–Kier alpha value is -0.670. The number of nitrogen functional groups attached to an aromatic ring is 1. The second-order valence-electron chi connectivity index (χ2n) is 3.33. The summed E-state index contributed by atoms with van der Waals surface area (Å²) < 4.78 is 0. The number of benzene rings is 1. The molecule has 0 bridgehead atoms. The third-order valence-corrected chi connectivity index (χ3v) is 3.18. The summed E-state index contributed by atoms with van der Waals surface area (Å²) in [4.78, 5) is 3.96. The van der Waals surface area contributed by atoms with Crippen LogP contribution in [0.1, 0.15) is 0 Å². The molecule has 1 aromatic carbocycles. The van der Waals surface area contributed by atoms with Gasteiger partial charge in [0.25, 0.3) is 0 Å². The van der Waals surface area contributed by atoms with E-state index in [1.165, 1.54) is 6.20 Å². The Bertz CT molecular complexity index is 561. The molecule has 0 amide bonds. The van der Waals surface area contributed by atoms with Crippen LogP contribution in [0.2, 0.25) is 20.1 Å². The summed E-state index contributed by atoms with van der Waals surface area (Å²) in [6, 6.07) is 4.83. The van der Waals surface area contributed by atoms with E-state index in [0.29, 0.717) is 37.0 Å². The minimum atomic E-state index is 0.306. The first-order valence-corrected chi connectivity index (χ1v) is 6.06. The SMILES string of the molecule is Nc1ncc(Cl)cc1-c1c(Cl)cc(Cl)cc1Cl. The number of rotatable bonds is 1. The minimum Gasteiger partial charge on any atom is -0.383 e. The minimum absolute atomic E-state index is 0.306. The topological polar surface area (TPSA) is 38.9 Å². The monoisotopic (exact) mass is 306 g/mol. The molecule has 2 N–H and O–H groups in total. The zero-order valence-electron chi connectivity index (χ0n) is 8.35. The van der Waals surface area contributed by atoms with E-state index in [-0.39, 0.29) is 0 Å². The number of halogens is 4. The third-order valence-electron chi connectivity index (χ3n) is 2.16. The fraction of sp³-hybridized carbons (Fsp3) is 0. The van der Waals surface area contributed by atoms with Crippen molar-refractivity contribution in [1.82, 2.24) is 4.98 Å². The lowest BCUT2D eigenvalue weighted by Crippen LogP contribution is -1.95. The summed E-state index contributed by atoms with van der Waals surface area (Å²) in [5.41, 5.74) is 6.94. The van der Waals surface area contributed by atoms with Crippen molar-refractivity contribution in [3.63, 3.8) is 0 Å². The highest BCUT2D eigenvalue weighted by Gasteiger charge is 2.14. The summed E-state index contributed by atoms with van der Waals surface area (Å²) in [6.45, 7) is 0. The summed E-state index contributed by atoms with van der Waals surface area (Å²) >= 11 is 23.9. The van der Waals surface area contributed by atoms with Crippen molar-refractivity contribution in [2.75, 3.05) is 5.73 Å². The zero-order chi connectivity index (χ0) is 12.6. The van der Waals surface area contributed by atoms with Gasteiger partial charge in [-0.1, -0.05) is 46.4 Å². The maximum Gasteiger partial charge on any atom is 0.131 e. The number of anilines is 1. The van der Waals surface area contributed by atoms with Crippen molar-refractivity contribution in [2.24, 2.45) is 0 Å². The van der Waals surface area contributed by atoms with E-state index in [2.05, 4.69) is 4.98 Å². The standard InChI is InChI=1S/C11H6Cl4N2/c12-5-2-8(14)10(9(15)3-5)7-1-6(13)4-17-11(7)16/h1-4H,(H2,16,17). The van der Waals surface area contributed by atoms with Crippen LogP contribution in [0, 0.1) is 0 Å². The molecule has 0 aliphatic carbocycles. The second kappa shape index (κ2) is 4.91. The fourth-order valence-electron chi connectivity index (χ4n) is 1.45. The molecule has 0 saturated heterocycles. The van der Waals surface area contributed by atoms with E-state index in [1.807, 2.05) is 0 Å². The highest BCUT2D eigenvalue weighted by atomic mass is 35.5. The first-order chi connectivity index (χ1) is 7.99. The first kappa shape index (κ1) is 12.8. The largest absolute Gasteiger partial charge is 0.383 e. The molecule has 0 unspecified atom stereocenters. The molecule has 6 heteroatoms. The number of nitrogens with zero attached hydrogens (tertiary/aromatic N) is 1. The summed E-state index contributed by atoms with van der Waals surface area (Å²) in [5, 5.41) is 1.71. The van der Waals surface area contributed by atoms with Crippen LogP contribution in [0.3, 0.4) is 0 Å². The van der Waals surface area contributed by atoms with Gasteiger partial charge >= 0.3 is 0 Å². The molecular formula is C11H6Cl4N2. The maximum atomic E-state index is 6.10. The van der Waals surface area contributed by atoms with E-state index < -0.39 is 0 Å². The van der Waals surface area contributed by atoms with Gasteiger partial charge in [-0.25, -0.2) is 4.98 Å². The van der Waals surface area contributed by atoms with E-state index in [0.717, 1.165) is 0 Å². The Morgan fingerprint density at radius 2 is 1.47 bits per heavy atom. The zero-order valence-corrected chi connectivity index (χ0v) is 11.4. The smallest absolute Gasteiger partial charge is 0.131 e. The van der Waals surface area contributed by atoms with Crippen molar-refractivity contribution in [2.45, 2.75) is 0 Å². The van der Waals surface area contributed by atoms with Crippen LogP contribution in [0.25, 0.3) is 11.1 Å². The van der Waals surface area contributed by atoms with Crippen LogP contribution in [0.5, 0.6) is 0 Å². The summed E-state index contributed by atoms with van der Waals surface area (Å²) in [5.74, 6) is 0.306. The molecule has 2 rings (SSSR count). The van der Waals surface area contributed by atoms with Crippen LogP contribution in [-0.4, -0.2) is 4.98 Å². The van der Waals surface area contributed by atoms with Crippen LogP contribution in [0.4, 0.5) is 5.82 Å². The van der Waals surface area contributed by atoms with Gasteiger partial charge in [-0.15, -0.1) is 0 Å². The van der Waals surface area contributed by atoms with E-state index in [9.17, 15) is 0 Å². The highest BCUT2D eigenvalue weighted by Crippen LogP contribution is 2.39. The van der Waals surface area contributed by atoms with Gasteiger partial charge in [-0.2, -0.15) is 0 Å². The Labute approximate surface area is 118 Å². The molecule has 1 heterocycles. The third kappa shape index (κ3) is 2.61. The van der Waals surface area contributed by atoms with E-state index in [1.54, 1.807) is 18.2 Å². The fourth-order valence-corrected chi connectivity index (χ4v) is 2.63. The van der Waals surface area contributed by atoms with Gasteiger partial charge in [0.05, 0.1) is 15.1 Å².